The normalized spacial score (nSPS) is 26.9. The zero-order valence-electron chi connectivity index (χ0n) is 19.3. The van der Waals surface area contributed by atoms with Crippen molar-refractivity contribution in [3.8, 4) is 5.75 Å². The van der Waals surface area contributed by atoms with Gasteiger partial charge in [0, 0.05) is 6.04 Å². The molecule has 1 aromatic carbocycles. The van der Waals surface area contributed by atoms with Gasteiger partial charge in [0.15, 0.2) is 5.75 Å². The molecule has 32 heavy (non-hydrogen) atoms. The van der Waals surface area contributed by atoms with Gasteiger partial charge in [0.2, 0.25) is 6.41 Å². The predicted octanol–water partition coefficient (Wildman–Crippen LogP) is 4.25. The van der Waals surface area contributed by atoms with Crippen molar-refractivity contribution in [2.75, 3.05) is 5.32 Å². The molecule has 176 valence electrons. The number of ether oxygens (including phenoxy) is 1. The van der Waals surface area contributed by atoms with Crippen LogP contribution in [0, 0.1) is 23.7 Å². The number of carbonyl (C=O) groups is 3. The maximum Gasteiger partial charge on any atom is 0.308 e. The highest BCUT2D eigenvalue weighted by Gasteiger charge is 2.44. The molecule has 2 aliphatic rings. The second-order valence-electron chi connectivity index (χ2n) is 9.63. The number of rotatable bonds is 9. The van der Waals surface area contributed by atoms with Crippen LogP contribution in [-0.2, 0) is 14.3 Å². The van der Waals surface area contributed by atoms with Gasteiger partial charge in [-0.25, -0.2) is 0 Å². The molecule has 7 heteroatoms. The third kappa shape index (κ3) is 5.61. The second-order valence-corrected chi connectivity index (χ2v) is 9.63. The molecule has 1 aromatic rings. The number of para-hydroxylation sites is 1. The van der Waals surface area contributed by atoms with E-state index in [4.69, 9.17) is 4.74 Å². The van der Waals surface area contributed by atoms with E-state index in [1.807, 2.05) is 13.8 Å². The van der Waals surface area contributed by atoms with Crippen LogP contribution < -0.4 is 10.6 Å². The van der Waals surface area contributed by atoms with Crippen molar-refractivity contribution in [1.82, 2.24) is 5.32 Å². The highest BCUT2D eigenvalue weighted by molar-refractivity contribution is 5.99. The van der Waals surface area contributed by atoms with Gasteiger partial charge in [-0.1, -0.05) is 39.7 Å². The molecule has 3 N–H and O–H groups in total. The molecule has 0 aromatic heterocycles. The smallest absolute Gasteiger partial charge is 0.308 e. The minimum absolute atomic E-state index is 0.0194. The summed E-state index contributed by atoms with van der Waals surface area (Å²) in [7, 11) is 0. The number of anilines is 1. The fourth-order valence-corrected chi connectivity index (χ4v) is 5.31. The molecule has 5 unspecified atom stereocenters. The molecule has 0 spiro atoms. The van der Waals surface area contributed by atoms with Gasteiger partial charge >= 0.3 is 5.97 Å². The maximum absolute atomic E-state index is 12.8. The lowest BCUT2D eigenvalue weighted by molar-refractivity contribution is -0.159. The molecule has 2 fully saturated rings. The van der Waals surface area contributed by atoms with E-state index in [-0.39, 0.29) is 46.9 Å². The summed E-state index contributed by atoms with van der Waals surface area (Å²) in [4.78, 5) is 35.8. The van der Waals surface area contributed by atoms with Crippen LogP contribution in [0.1, 0.15) is 76.1 Å². The van der Waals surface area contributed by atoms with E-state index in [9.17, 15) is 19.5 Å². The highest BCUT2D eigenvalue weighted by atomic mass is 16.5. The van der Waals surface area contributed by atoms with Gasteiger partial charge in [0.1, 0.15) is 6.10 Å². The Morgan fingerprint density at radius 3 is 2.56 bits per heavy atom. The van der Waals surface area contributed by atoms with Crippen molar-refractivity contribution in [3.63, 3.8) is 0 Å². The number of unbranched alkanes of at least 4 members (excludes halogenated alkanes) is 1. The lowest BCUT2D eigenvalue weighted by Gasteiger charge is -2.38. The molecule has 7 nitrogen and oxygen atoms in total. The van der Waals surface area contributed by atoms with Crippen LogP contribution in [0.5, 0.6) is 5.75 Å². The quantitative estimate of drug-likeness (QED) is 0.300. The van der Waals surface area contributed by atoms with Crippen molar-refractivity contribution in [1.29, 1.82) is 0 Å². The zero-order valence-corrected chi connectivity index (χ0v) is 19.3. The Labute approximate surface area is 190 Å². The minimum atomic E-state index is -0.342. The first-order chi connectivity index (χ1) is 15.3. The maximum atomic E-state index is 12.8. The van der Waals surface area contributed by atoms with E-state index in [1.165, 1.54) is 0 Å². The molecule has 2 amide bonds. The molecule has 0 heterocycles. The standard InChI is InChI=1S/C25H36N2O5/c1-4-5-7-16-10-17-11-19(12-18(17)13-22(16)32-25(31)15(2)3)27-24(30)20-8-6-9-21(23(20)29)26-14-28/h6,8-9,14-19,22,29H,4-5,7,10-13H2,1-3H3,(H,26,28)(H,27,30). The van der Waals surface area contributed by atoms with Gasteiger partial charge in [-0.2, -0.15) is 0 Å². The fourth-order valence-electron chi connectivity index (χ4n) is 5.31. The first kappa shape index (κ1) is 24.1. The van der Waals surface area contributed by atoms with E-state index in [2.05, 4.69) is 17.6 Å². The highest BCUT2D eigenvalue weighted by Crippen LogP contribution is 2.47. The van der Waals surface area contributed by atoms with Crippen molar-refractivity contribution >= 4 is 24.0 Å². The number of esters is 1. The van der Waals surface area contributed by atoms with E-state index >= 15 is 0 Å². The topological polar surface area (TPSA) is 105 Å². The van der Waals surface area contributed by atoms with Crippen LogP contribution in [0.3, 0.4) is 0 Å². The van der Waals surface area contributed by atoms with Crippen molar-refractivity contribution in [2.24, 2.45) is 23.7 Å². The van der Waals surface area contributed by atoms with E-state index in [0.717, 1.165) is 44.9 Å². The van der Waals surface area contributed by atoms with E-state index < -0.39 is 0 Å². The number of hydrogen-bond donors (Lipinski definition) is 3. The second kappa shape index (κ2) is 10.8. The van der Waals surface area contributed by atoms with Crippen LogP contribution in [-0.4, -0.2) is 35.5 Å². The third-order valence-corrected chi connectivity index (χ3v) is 7.01. The van der Waals surface area contributed by atoms with Crippen LogP contribution in [0.2, 0.25) is 0 Å². The summed E-state index contributed by atoms with van der Waals surface area (Å²) in [6, 6.07) is 4.73. The number of phenolic OH excluding ortho intramolecular Hbond substituents is 1. The predicted molar refractivity (Wildman–Crippen MR) is 122 cm³/mol. The molecular weight excluding hydrogens is 408 g/mol. The molecule has 0 aliphatic heterocycles. The molecule has 0 saturated heterocycles. The van der Waals surface area contributed by atoms with E-state index in [0.29, 0.717) is 24.2 Å². The van der Waals surface area contributed by atoms with Gasteiger partial charge in [-0.3, -0.25) is 14.4 Å². The summed E-state index contributed by atoms with van der Waals surface area (Å²) in [5.41, 5.74) is 0.359. The first-order valence-electron chi connectivity index (χ1n) is 11.9. The number of nitrogens with one attached hydrogen (secondary N) is 2. The first-order valence-corrected chi connectivity index (χ1v) is 11.9. The number of phenols is 1. The SMILES string of the molecule is CCCCC1CC2CC(NC(=O)c3cccc(NC=O)c3O)CC2CC1OC(=O)C(C)C. The monoisotopic (exact) mass is 444 g/mol. The van der Waals surface area contributed by atoms with Gasteiger partial charge in [-0.15, -0.1) is 0 Å². The molecule has 3 rings (SSSR count). The Bertz CT molecular complexity index is 825. The summed E-state index contributed by atoms with van der Waals surface area (Å²) in [6.45, 7) is 5.91. The van der Waals surface area contributed by atoms with Crippen molar-refractivity contribution < 1.29 is 24.2 Å². The number of benzene rings is 1. The summed E-state index contributed by atoms with van der Waals surface area (Å²) < 4.78 is 5.91. The van der Waals surface area contributed by atoms with Gasteiger partial charge < -0.3 is 20.5 Å². The lowest BCUT2D eigenvalue weighted by Crippen LogP contribution is -2.37. The largest absolute Gasteiger partial charge is 0.505 e. The van der Waals surface area contributed by atoms with Crippen LogP contribution in [0.15, 0.2) is 18.2 Å². The Morgan fingerprint density at radius 2 is 1.91 bits per heavy atom. The van der Waals surface area contributed by atoms with Gasteiger partial charge in [0.05, 0.1) is 17.2 Å². The Morgan fingerprint density at radius 1 is 1.19 bits per heavy atom. The van der Waals surface area contributed by atoms with Crippen molar-refractivity contribution in [2.45, 2.75) is 77.9 Å². The summed E-state index contributed by atoms with van der Waals surface area (Å²) in [6.07, 6.45) is 7.37. The van der Waals surface area contributed by atoms with Crippen LogP contribution >= 0.6 is 0 Å². The van der Waals surface area contributed by atoms with Crippen molar-refractivity contribution in [3.05, 3.63) is 23.8 Å². The molecule has 0 bridgehead atoms. The van der Waals surface area contributed by atoms with E-state index in [1.54, 1.807) is 18.2 Å². The molecule has 0 radical (unpaired) electrons. The number of fused-ring (bicyclic) bond motifs is 1. The zero-order chi connectivity index (χ0) is 23.3. The third-order valence-electron chi connectivity index (χ3n) is 7.01. The molecule has 2 aliphatic carbocycles. The number of hydrogen-bond acceptors (Lipinski definition) is 5. The Hall–Kier alpha value is -2.57. The summed E-state index contributed by atoms with van der Waals surface area (Å²) in [5.74, 6) is 0.472. The van der Waals surface area contributed by atoms with Crippen LogP contribution in [0.4, 0.5) is 5.69 Å². The van der Waals surface area contributed by atoms with Gasteiger partial charge in [-0.05, 0) is 62.0 Å². The minimum Gasteiger partial charge on any atom is -0.505 e. The molecule has 2 saturated carbocycles. The average Bonchev–Trinajstić information content (AvgIpc) is 3.14. The number of aromatic hydroxyl groups is 1. The number of amides is 2. The fraction of sp³-hybridized carbons (Fsp3) is 0.640. The molecule has 5 atom stereocenters. The summed E-state index contributed by atoms with van der Waals surface area (Å²) >= 11 is 0. The summed E-state index contributed by atoms with van der Waals surface area (Å²) in [5, 5.41) is 15.8. The average molecular weight is 445 g/mol. The molecular formula is C25H36N2O5. The van der Waals surface area contributed by atoms with Gasteiger partial charge in [0.25, 0.3) is 5.91 Å². The number of carbonyl (C=O) groups excluding carboxylic acids is 3. The van der Waals surface area contributed by atoms with Crippen LogP contribution in [0.25, 0.3) is 0 Å². The Kier molecular flexibility index (Phi) is 8.15. The Balaban J connectivity index is 1.65. The lowest BCUT2D eigenvalue weighted by atomic mass is 9.72.